The molecule has 0 bridgehead atoms. The van der Waals surface area contributed by atoms with Gasteiger partial charge in [-0.05, 0) is 17.4 Å². The van der Waals surface area contributed by atoms with Gasteiger partial charge in [0.2, 0.25) is 0 Å². The van der Waals surface area contributed by atoms with Crippen LogP contribution in [0.4, 0.5) is 0 Å². The molecule has 0 amide bonds. The third kappa shape index (κ3) is 3.04. The highest BCUT2D eigenvalue weighted by Gasteiger charge is 2.20. The number of fused-ring (bicyclic) bond motifs is 1. The van der Waals surface area contributed by atoms with Crippen LogP contribution < -0.4 is 19.9 Å². The summed E-state index contributed by atoms with van der Waals surface area (Å²) < 4.78 is 16.7. The van der Waals surface area contributed by atoms with E-state index in [1.807, 2.05) is 12.1 Å². The fourth-order valence-electron chi connectivity index (χ4n) is 2.36. The quantitative estimate of drug-likeness (QED) is 0.798. The molecule has 0 N–H and O–H groups in total. The summed E-state index contributed by atoms with van der Waals surface area (Å²) in [6, 6.07) is 3.97. The van der Waals surface area contributed by atoms with E-state index >= 15 is 0 Å². The van der Waals surface area contributed by atoms with Crippen LogP contribution in [0, 0.1) is 5.41 Å². The molecule has 20 heavy (non-hydrogen) atoms. The molecule has 3 nitrogen and oxygen atoms in total. The van der Waals surface area contributed by atoms with Crippen LogP contribution in [-0.2, 0) is 4.74 Å². The molecule has 0 fully saturated rings. The number of benzene rings is 1. The Morgan fingerprint density at radius 1 is 1.20 bits per heavy atom. The van der Waals surface area contributed by atoms with Crippen molar-refractivity contribution >= 4 is 23.4 Å². The molecule has 1 aromatic carbocycles. The van der Waals surface area contributed by atoms with Gasteiger partial charge in [0, 0.05) is 22.9 Å². The van der Waals surface area contributed by atoms with Gasteiger partial charge in [0.05, 0.1) is 20.8 Å². The molecule has 1 aliphatic rings. The van der Waals surface area contributed by atoms with Gasteiger partial charge in [-0.3, -0.25) is 0 Å². The topological polar surface area (TPSA) is 27.7 Å². The van der Waals surface area contributed by atoms with Crippen LogP contribution in [0.1, 0.15) is 20.3 Å². The first-order valence-electron chi connectivity index (χ1n) is 6.67. The van der Waals surface area contributed by atoms with E-state index in [1.165, 1.54) is 0 Å². The van der Waals surface area contributed by atoms with Crippen molar-refractivity contribution in [2.45, 2.75) is 20.3 Å². The minimum absolute atomic E-state index is 0.0393. The standard InChI is InChI=1S/C16H21ClO3/c1-16(2)9-11-7-14(18-3)15(19-4)8-12(11)13(5-6-17)20-10-16/h7-9H,5-6,10H2,1-4H3. The Morgan fingerprint density at radius 2 is 1.85 bits per heavy atom. The molecule has 0 aliphatic carbocycles. The van der Waals surface area contributed by atoms with Crippen LogP contribution in [0.5, 0.6) is 11.5 Å². The number of hydrogen-bond acceptors (Lipinski definition) is 3. The molecule has 1 aliphatic heterocycles. The molecule has 4 heteroatoms. The van der Waals surface area contributed by atoms with Crippen molar-refractivity contribution in [1.29, 1.82) is 0 Å². The summed E-state index contributed by atoms with van der Waals surface area (Å²) in [5, 5.41) is 2.14. The number of halogens is 1. The summed E-state index contributed by atoms with van der Waals surface area (Å²) in [7, 11) is 3.28. The Morgan fingerprint density at radius 3 is 2.45 bits per heavy atom. The summed E-state index contributed by atoms with van der Waals surface area (Å²) in [6.45, 7) is 4.94. The third-order valence-corrected chi connectivity index (χ3v) is 3.53. The Hall–Kier alpha value is -1.35. The molecule has 0 saturated heterocycles. The average Bonchev–Trinajstić information content (AvgIpc) is 2.54. The average molecular weight is 297 g/mol. The molecule has 0 unspecified atom stereocenters. The second-order valence-electron chi connectivity index (χ2n) is 5.58. The fourth-order valence-corrected chi connectivity index (χ4v) is 2.53. The zero-order valence-electron chi connectivity index (χ0n) is 12.5. The lowest BCUT2D eigenvalue weighted by atomic mass is 9.93. The second-order valence-corrected chi connectivity index (χ2v) is 5.96. The third-order valence-electron chi connectivity index (χ3n) is 3.34. The van der Waals surface area contributed by atoms with Crippen molar-refractivity contribution in [2.24, 2.45) is 5.41 Å². The van der Waals surface area contributed by atoms with Gasteiger partial charge in [0.15, 0.2) is 11.5 Å². The van der Waals surface area contributed by atoms with E-state index in [9.17, 15) is 0 Å². The van der Waals surface area contributed by atoms with E-state index in [4.69, 9.17) is 25.8 Å². The number of rotatable bonds is 4. The molecule has 0 atom stereocenters. The molecule has 0 radical (unpaired) electrons. The van der Waals surface area contributed by atoms with Crippen molar-refractivity contribution in [3.05, 3.63) is 22.6 Å². The monoisotopic (exact) mass is 296 g/mol. The summed E-state index contributed by atoms with van der Waals surface area (Å²) in [5.74, 6) is 2.88. The van der Waals surface area contributed by atoms with Crippen LogP contribution in [0.25, 0.3) is 11.8 Å². The number of methoxy groups -OCH3 is 2. The van der Waals surface area contributed by atoms with Crippen molar-refractivity contribution in [3.63, 3.8) is 0 Å². The largest absolute Gasteiger partial charge is 0.496 e. The van der Waals surface area contributed by atoms with Gasteiger partial charge in [-0.2, -0.15) is 0 Å². The van der Waals surface area contributed by atoms with Gasteiger partial charge in [-0.15, -0.1) is 11.6 Å². The zero-order valence-corrected chi connectivity index (χ0v) is 13.2. The van der Waals surface area contributed by atoms with Crippen LogP contribution in [-0.4, -0.2) is 26.7 Å². The number of hydrogen-bond donors (Lipinski definition) is 0. The van der Waals surface area contributed by atoms with E-state index in [2.05, 4.69) is 19.9 Å². The Labute approximate surface area is 124 Å². The van der Waals surface area contributed by atoms with Gasteiger partial charge < -0.3 is 14.2 Å². The van der Waals surface area contributed by atoms with E-state index in [1.54, 1.807) is 14.2 Å². The molecule has 0 spiro atoms. The lowest BCUT2D eigenvalue weighted by molar-refractivity contribution is 0.194. The summed E-state index contributed by atoms with van der Waals surface area (Å²) in [6.07, 6.45) is 2.92. The Kier molecular flexibility index (Phi) is 4.48. The molecular formula is C16H21ClO3. The highest BCUT2D eigenvalue weighted by atomic mass is 35.5. The summed E-state index contributed by atoms with van der Waals surface area (Å²) >= 11 is 5.89. The predicted molar refractivity (Wildman–Crippen MR) is 81.7 cm³/mol. The fraction of sp³-hybridized carbons (Fsp3) is 0.500. The highest BCUT2D eigenvalue weighted by molar-refractivity contribution is 6.18. The minimum atomic E-state index is -0.0393. The minimum Gasteiger partial charge on any atom is -0.496 e. The van der Waals surface area contributed by atoms with Crippen molar-refractivity contribution in [1.82, 2.24) is 0 Å². The van der Waals surface area contributed by atoms with Crippen LogP contribution >= 0.6 is 11.6 Å². The predicted octanol–water partition coefficient (Wildman–Crippen LogP) is 2.28. The summed E-state index contributed by atoms with van der Waals surface area (Å²) in [4.78, 5) is 0. The zero-order chi connectivity index (χ0) is 14.8. The van der Waals surface area contributed by atoms with Crippen molar-refractivity contribution in [2.75, 3.05) is 26.7 Å². The smallest absolute Gasteiger partial charge is 0.161 e. The summed E-state index contributed by atoms with van der Waals surface area (Å²) in [5.41, 5.74) is -0.0393. The first kappa shape index (κ1) is 15.0. The molecule has 0 aromatic heterocycles. The first-order valence-corrected chi connectivity index (χ1v) is 7.21. The normalized spacial score (nSPS) is 16.6. The number of ether oxygens (including phenoxy) is 3. The van der Waals surface area contributed by atoms with Crippen LogP contribution in [0.2, 0.25) is 0 Å². The molecular weight excluding hydrogens is 276 g/mol. The maximum absolute atomic E-state index is 5.96. The maximum Gasteiger partial charge on any atom is 0.161 e. The lowest BCUT2D eigenvalue weighted by Crippen LogP contribution is -2.28. The van der Waals surface area contributed by atoms with Crippen molar-refractivity contribution < 1.29 is 14.2 Å². The van der Waals surface area contributed by atoms with Crippen LogP contribution in [0.3, 0.4) is 0 Å². The van der Waals surface area contributed by atoms with E-state index in [0.717, 1.165) is 21.9 Å². The molecule has 0 saturated carbocycles. The van der Waals surface area contributed by atoms with Gasteiger partial charge in [-0.25, -0.2) is 0 Å². The molecule has 1 heterocycles. The Balaban J connectivity index is 2.77. The van der Waals surface area contributed by atoms with E-state index in [0.29, 0.717) is 24.7 Å². The molecule has 110 valence electrons. The number of alkyl halides is 1. The van der Waals surface area contributed by atoms with Gasteiger partial charge in [-0.1, -0.05) is 19.9 Å². The van der Waals surface area contributed by atoms with Gasteiger partial charge in [0.25, 0.3) is 0 Å². The molecule has 2 rings (SSSR count). The van der Waals surface area contributed by atoms with E-state index < -0.39 is 0 Å². The molecule has 1 aromatic rings. The second kappa shape index (κ2) is 5.96. The van der Waals surface area contributed by atoms with Crippen molar-refractivity contribution in [3.8, 4) is 11.5 Å². The van der Waals surface area contributed by atoms with Gasteiger partial charge >= 0.3 is 0 Å². The van der Waals surface area contributed by atoms with Gasteiger partial charge in [0.1, 0.15) is 5.76 Å². The lowest BCUT2D eigenvalue weighted by Gasteiger charge is -2.19. The van der Waals surface area contributed by atoms with Crippen LogP contribution in [0.15, 0.2) is 12.1 Å². The first-order chi connectivity index (χ1) is 9.50. The Bertz CT molecular complexity index is 605. The van der Waals surface area contributed by atoms with E-state index in [-0.39, 0.29) is 5.41 Å². The SMILES string of the molecule is COc1cc2c(cc1OC)=C(CCCl)OCC(C)(C)C=2. The maximum atomic E-state index is 5.96. The highest BCUT2D eigenvalue weighted by Crippen LogP contribution is 2.26.